The molecule has 4 heteroatoms. The van der Waals surface area contributed by atoms with Gasteiger partial charge in [0.05, 0.1) is 12.8 Å². The van der Waals surface area contributed by atoms with Crippen LogP contribution in [0, 0.1) is 6.92 Å². The van der Waals surface area contributed by atoms with Crippen LogP contribution in [0.25, 0.3) is 0 Å². The highest BCUT2D eigenvalue weighted by molar-refractivity contribution is 6.20. The number of aromatic nitrogens is 2. The zero-order valence-electron chi connectivity index (χ0n) is 9.62. The van der Waals surface area contributed by atoms with Crippen molar-refractivity contribution in [1.82, 2.24) is 9.97 Å². The minimum Gasteiger partial charge on any atom is -0.481 e. The third kappa shape index (κ3) is 2.59. The SMILES string of the molecule is CCC(c1ncnc(OC)c1C)C(C)Cl. The molecule has 1 rings (SSSR count). The van der Waals surface area contributed by atoms with Crippen molar-refractivity contribution in [2.24, 2.45) is 0 Å². The molecular formula is C11H17ClN2O. The standard InChI is InChI=1S/C11H17ClN2O/c1-5-9(8(3)12)10-7(2)11(15-4)14-6-13-10/h6,8-9H,5H2,1-4H3. The first-order valence-corrected chi connectivity index (χ1v) is 5.55. The second-order valence-corrected chi connectivity index (χ2v) is 4.27. The monoisotopic (exact) mass is 228 g/mol. The van der Waals surface area contributed by atoms with Crippen LogP contribution >= 0.6 is 11.6 Å². The quantitative estimate of drug-likeness (QED) is 0.744. The fourth-order valence-corrected chi connectivity index (χ4v) is 2.06. The fraction of sp³-hybridized carbons (Fsp3) is 0.636. The number of hydrogen-bond donors (Lipinski definition) is 0. The Morgan fingerprint density at radius 2 is 2.13 bits per heavy atom. The van der Waals surface area contributed by atoms with Crippen LogP contribution in [0.2, 0.25) is 0 Å². The first-order valence-electron chi connectivity index (χ1n) is 5.11. The fourth-order valence-electron chi connectivity index (χ4n) is 1.76. The van der Waals surface area contributed by atoms with E-state index in [-0.39, 0.29) is 11.3 Å². The van der Waals surface area contributed by atoms with Crippen LogP contribution in [-0.2, 0) is 0 Å². The molecule has 0 aliphatic heterocycles. The second kappa shape index (κ2) is 5.31. The summed E-state index contributed by atoms with van der Waals surface area (Å²) in [5.74, 6) is 0.888. The molecular weight excluding hydrogens is 212 g/mol. The summed E-state index contributed by atoms with van der Waals surface area (Å²) in [6, 6.07) is 0. The number of alkyl halides is 1. The molecule has 0 radical (unpaired) electrons. The van der Waals surface area contributed by atoms with Gasteiger partial charge in [-0.1, -0.05) is 6.92 Å². The van der Waals surface area contributed by atoms with E-state index in [0.29, 0.717) is 5.88 Å². The van der Waals surface area contributed by atoms with Gasteiger partial charge in [0.1, 0.15) is 6.33 Å². The van der Waals surface area contributed by atoms with Crippen molar-refractivity contribution in [2.45, 2.75) is 38.5 Å². The molecule has 0 amide bonds. The van der Waals surface area contributed by atoms with Gasteiger partial charge in [0.2, 0.25) is 5.88 Å². The average Bonchev–Trinajstić information content (AvgIpc) is 2.21. The van der Waals surface area contributed by atoms with E-state index in [1.165, 1.54) is 6.33 Å². The highest BCUT2D eigenvalue weighted by atomic mass is 35.5. The van der Waals surface area contributed by atoms with Gasteiger partial charge < -0.3 is 4.74 Å². The Kier molecular flexibility index (Phi) is 4.33. The summed E-state index contributed by atoms with van der Waals surface area (Å²) in [6.45, 7) is 6.07. The molecule has 0 N–H and O–H groups in total. The number of nitrogens with zero attached hydrogens (tertiary/aromatic N) is 2. The molecule has 0 aromatic carbocycles. The first kappa shape index (κ1) is 12.2. The van der Waals surface area contributed by atoms with Gasteiger partial charge in [-0.3, -0.25) is 0 Å². The molecule has 0 fully saturated rings. The minimum absolute atomic E-state index is 0.0632. The van der Waals surface area contributed by atoms with Gasteiger partial charge >= 0.3 is 0 Å². The summed E-state index contributed by atoms with van der Waals surface area (Å²) in [6.07, 6.45) is 2.49. The number of methoxy groups -OCH3 is 1. The van der Waals surface area contributed by atoms with Crippen molar-refractivity contribution in [3.8, 4) is 5.88 Å². The van der Waals surface area contributed by atoms with E-state index in [4.69, 9.17) is 16.3 Å². The van der Waals surface area contributed by atoms with Crippen LogP contribution in [-0.4, -0.2) is 22.5 Å². The Balaban J connectivity index is 3.12. The lowest BCUT2D eigenvalue weighted by molar-refractivity contribution is 0.391. The molecule has 84 valence electrons. The summed E-state index contributed by atoms with van der Waals surface area (Å²) in [5.41, 5.74) is 1.98. The van der Waals surface area contributed by atoms with Crippen LogP contribution in [0.5, 0.6) is 5.88 Å². The molecule has 1 heterocycles. The molecule has 3 nitrogen and oxygen atoms in total. The van der Waals surface area contributed by atoms with Crippen LogP contribution in [0.3, 0.4) is 0 Å². The van der Waals surface area contributed by atoms with Crippen LogP contribution in [0.1, 0.15) is 37.4 Å². The summed E-state index contributed by atoms with van der Waals surface area (Å²) in [5, 5.41) is 0.0632. The van der Waals surface area contributed by atoms with Gasteiger partial charge in [0.25, 0.3) is 0 Å². The third-order valence-corrected chi connectivity index (χ3v) is 2.92. The van der Waals surface area contributed by atoms with E-state index >= 15 is 0 Å². The predicted octanol–water partition coefficient (Wildman–Crippen LogP) is 2.91. The number of ether oxygens (including phenoxy) is 1. The van der Waals surface area contributed by atoms with Gasteiger partial charge in [0.15, 0.2) is 0 Å². The van der Waals surface area contributed by atoms with Gasteiger partial charge in [-0.05, 0) is 20.3 Å². The summed E-state index contributed by atoms with van der Waals surface area (Å²) in [7, 11) is 1.62. The highest BCUT2D eigenvalue weighted by Crippen LogP contribution is 2.30. The van der Waals surface area contributed by atoms with E-state index in [9.17, 15) is 0 Å². The van der Waals surface area contributed by atoms with Gasteiger partial charge in [-0.2, -0.15) is 0 Å². The lowest BCUT2D eigenvalue weighted by Gasteiger charge is -2.19. The number of halogens is 1. The maximum absolute atomic E-state index is 6.14. The molecule has 2 unspecified atom stereocenters. The molecule has 0 saturated heterocycles. The van der Waals surface area contributed by atoms with Gasteiger partial charge in [-0.15, -0.1) is 11.6 Å². The molecule has 0 aliphatic rings. The lowest BCUT2D eigenvalue weighted by atomic mass is 9.95. The minimum atomic E-state index is 0.0632. The molecule has 1 aromatic heterocycles. The maximum Gasteiger partial charge on any atom is 0.219 e. The normalized spacial score (nSPS) is 14.7. The Morgan fingerprint density at radius 1 is 1.47 bits per heavy atom. The predicted molar refractivity (Wildman–Crippen MR) is 61.7 cm³/mol. The number of hydrogen-bond acceptors (Lipinski definition) is 3. The van der Waals surface area contributed by atoms with E-state index in [2.05, 4.69) is 16.9 Å². The topological polar surface area (TPSA) is 35.0 Å². The second-order valence-electron chi connectivity index (χ2n) is 3.59. The molecule has 0 saturated carbocycles. The smallest absolute Gasteiger partial charge is 0.219 e. The van der Waals surface area contributed by atoms with E-state index in [1.54, 1.807) is 7.11 Å². The molecule has 0 aliphatic carbocycles. The van der Waals surface area contributed by atoms with Crippen LogP contribution in [0.15, 0.2) is 6.33 Å². The van der Waals surface area contributed by atoms with Crippen LogP contribution < -0.4 is 4.74 Å². The number of rotatable bonds is 4. The third-order valence-electron chi connectivity index (χ3n) is 2.62. The Morgan fingerprint density at radius 3 is 2.60 bits per heavy atom. The Bertz CT molecular complexity index is 328. The summed E-state index contributed by atoms with van der Waals surface area (Å²) in [4.78, 5) is 8.36. The average molecular weight is 229 g/mol. The van der Waals surface area contributed by atoms with Gasteiger partial charge in [0, 0.05) is 16.9 Å². The van der Waals surface area contributed by atoms with Crippen molar-refractivity contribution in [3.05, 3.63) is 17.6 Å². The van der Waals surface area contributed by atoms with Gasteiger partial charge in [-0.25, -0.2) is 9.97 Å². The highest BCUT2D eigenvalue weighted by Gasteiger charge is 2.20. The zero-order chi connectivity index (χ0) is 11.4. The van der Waals surface area contributed by atoms with E-state index < -0.39 is 0 Å². The molecule has 0 spiro atoms. The van der Waals surface area contributed by atoms with E-state index in [1.807, 2.05) is 13.8 Å². The maximum atomic E-state index is 6.14. The molecule has 0 bridgehead atoms. The van der Waals surface area contributed by atoms with Crippen molar-refractivity contribution in [1.29, 1.82) is 0 Å². The Hall–Kier alpha value is -0.830. The van der Waals surface area contributed by atoms with Crippen molar-refractivity contribution in [3.63, 3.8) is 0 Å². The largest absolute Gasteiger partial charge is 0.481 e. The van der Waals surface area contributed by atoms with E-state index in [0.717, 1.165) is 17.7 Å². The molecule has 1 aromatic rings. The molecule has 15 heavy (non-hydrogen) atoms. The summed E-state index contributed by atoms with van der Waals surface area (Å²) < 4.78 is 5.17. The lowest BCUT2D eigenvalue weighted by Crippen LogP contribution is -2.13. The first-order chi connectivity index (χ1) is 7.11. The van der Waals surface area contributed by atoms with Crippen molar-refractivity contribution in [2.75, 3.05) is 7.11 Å². The van der Waals surface area contributed by atoms with Crippen molar-refractivity contribution < 1.29 is 4.74 Å². The summed E-state index contributed by atoms with van der Waals surface area (Å²) >= 11 is 6.14. The Labute approximate surface area is 95.8 Å². The molecule has 2 atom stereocenters. The van der Waals surface area contributed by atoms with Crippen molar-refractivity contribution >= 4 is 11.6 Å². The van der Waals surface area contributed by atoms with Crippen LogP contribution in [0.4, 0.5) is 0 Å². The zero-order valence-corrected chi connectivity index (χ0v) is 10.4.